The van der Waals surface area contributed by atoms with Gasteiger partial charge in [0.05, 0.1) is 28.0 Å². The number of amides is 1. The Hall–Kier alpha value is -2.24. The molecule has 0 fully saturated rings. The number of anilines is 1. The van der Waals surface area contributed by atoms with E-state index in [1.165, 1.54) is 6.08 Å². The van der Waals surface area contributed by atoms with E-state index in [0.29, 0.717) is 34.4 Å². The Kier molecular flexibility index (Phi) is 7.51. The highest BCUT2D eigenvalue weighted by Gasteiger charge is 2.15. The van der Waals surface area contributed by atoms with Crippen molar-refractivity contribution in [3.63, 3.8) is 0 Å². The summed E-state index contributed by atoms with van der Waals surface area (Å²) < 4.78 is 11.8. The molecule has 0 aromatic heterocycles. The molecule has 5 nitrogen and oxygen atoms in total. The second-order valence-electron chi connectivity index (χ2n) is 5.52. The SMILES string of the molecule is CCOc1c(I)cc(/C=C(\C#N)C(=O)Nc2c(C)cccc2Cl)cc1OC. The summed E-state index contributed by atoms with van der Waals surface area (Å²) in [6.07, 6.45) is 1.50. The van der Waals surface area contributed by atoms with Crippen molar-refractivity contribution in [3.05, 3.63) is 55.6 Å². The number of rotatable bonds is 6. The van der Waals surface area contributed by atoms with Crippen LogP contribution in [-0.4, -0.2) is 19.6 Å². The number of hydrogen-bond acceptors (Lipinski definition) is 4. The number of halogens is 2. The molecule has 2 aromatic carbocycles. The van der Waals surface area contributed by atoms with E-state index in [1.54, 1.807) is 25.3 Å². The molecule has 0 heterocycles. The van der Waals surface area contributed by atoms with Gasteiger partial charge in [-0.05, 0) is 71.8 Å². The minimum Gasteiger partial charge on any atom is -0.493 e. The van der Waals surface area contributed by atoms with Crippen LogP contribution in [0.3, 0.4) is 0 Å². The Morgan fingerprint density at radius 2 is 2.15 bits per heavy atom. The number of para-hydroxylation sites is 1. The third kappa shape index (κ3) is 5.15. The minimum atomic E-state index is -0.531. The van der Waals surface area contributed by atoms with Gasteiger partial charge in [-0.15, -0.1) is 0 Å². The minimum absolute atomic E-state index is 0.0451. The molecule has 1 amide bonds. The van der Waals surface area contributed by atoms with Gasteiger partial charge in [0.1, 0.15) is 11.6 Å². The molecule has 0 aliphatic rings. The lowest BCUT2D eigenvalue weighted by molar-refractivity contribution is -0.112. The van der Waals surface area contributed by atoms with Crippen LogP contribution >= 0.6 is 34.2 Å². The Balaban J connectivity index is 2.37. The predicted octanol–water partition coefficient (Wildman–Crippen LogP) is 5.21. The van der Waals surface area contributed by atoms with E-state index in [2.05, 4.69) is 27.9 Å². The summed E-state index contributed by atoms with van der Waals surface area (Å²) in [5.41, 5.74) is 1.91. The highest BCUT2D eigenvalue weighted by molar-refractivity contribution is 14.1. The highest BCUT2D eigenvalue weighted by atomic mass is 127. The zero-order chi connectivity index (χ0) is 20.0. The first kappa shape index (κ1) is 21.1. The van der Waals surface area contributed by atoms with E-state index in [9.17, 15) is 10.1 Å². The fourth-order valence-electron chi connectivity index (χ4n) is 2.39. The van der Waals surface area contributed by atoms with Crippen molar-refractivity contribution >= 4 is 51.9 Å². The summed E-state index contributed by atoms with van der Waals surface area (Å²) in [6.45, 7) is 4.22. The molecule has 0 aliphatic heterocycles. The van der Waals surface area contributed by atoms with Crippen LogP contribution < -0.4 is 14.8 Å². The molecule has 0 spiro atoms. The summed E-state index contributed by atoms with van der Waals surface area (Å²) >= 11 is 8.27. The van der Waals surface area contributed by atoms with E-state index in [0.717, 1.165) is 9.13 Å². The second kappa shape index (κ2) is 9.62. The zero-order valence-electron chi connectivity index (χ0n) is 15.1. The van der Waals surface area contributed by atoms with E-state index < -0.39 is 5.91 Å². The van der Waals surface area contributed by atoms with Crippen LogP contribution in [0.4, 0.5) is 5.69 Å². The van der Waals surface area contributed by atoms with Crippen molar-refractivity contribution < 1.29 is 14.3 Å². The third-order valence-electron chi connectivity index (χ3n) is 3.68. The van der Waals surface area contributed by atoms with Crippen molar-refractivity contribution in [2.45, 2.75) is 13.8 Å². The molecule has 0 unspecified atom stereocenters. The lowest BCUT2D eigenvalue weighted by Gasteiger charge is -2.13. The molecular weight excluding hydrogens is 479 g/mol. The molecule has 27 heavy (non-hydrogen) atoms. The lowest BCUT2D eigenvalue weighted by Crippen LogP contribution is -2.14. The van der Waals surface area contributed by atoms with Crippen molar-refractivity contribution in [2.24, 2.45) is 0 Å². The van der Waals surface area contributed by atoms with Crippen LogP contribution in [0.5, 0.6) is 11.5 Å². The summed E-state index contributed by atoms with van der Waals surface area (Å²) in [5, 5.41) is 12.6. The maximum absolute atomic E-state index is 12.5. The fourth-order valence-corrected chi connectivity index (χ4v) is 3.44. The molecule has 0 atom stereocenters. The first-order valence-electron chi connectivity index (χ1n) is 8.09. The smallest absolute Gasteiger partial charge is 0.266 e. The molecule has 2 rings (SSSR count). The van der Waals surface area contributed by atoms with Gasteiger partial charge in [-0.1, -0.05) is 23.7 Å². The van der Waals surface area contributed by atoms with Crippen molar-refractivity contribution in [1.29, 1.82) is 5.26 Å². The quantitative estimate of drug-likeness (QED) is 0.339. The topological polar surface area (TPSA) is 71.3 Å². The third-order valence-corrected chi connectivity index (χ3v) is 4.79. The van der Waals surface area contributed by atoms with Gasteiger partial charge in [-0.3, -0.25) is 4.79 Å². The van der Waals surface area contributed by atoms with Gasteiger partial charge in [0.15, 0.2) is 11.5 Å². The number of nitriles is 1. The maximum atomic E-state index is 12.5. The molecule has 1 N–H and O–H groups in total. The number of ether oxygens (including phenoxy) is 2. The number of methoxy groups -OCH3 is 1. The van der Waals surface area contributed by atoms with Crippen LogP contribution in [0.1, 0.15) is 18.1 Å². The molecule has 7 heteroatoms. The van der Waals surface area contributed by atoms with Gasteiger partial charge in [0.25, 0.3) is 5.91 Å². The molecule has 0 radical (unpaired) electrons. The van der Waals surface area contributed by atoms with Gasteiger partial charge < -0.3 is 14.8 Å². The summed E-state index contributed by atoms with van der Waals surface area (Å²) in [7, 11) is 1.54. The van der Waals surface area contributed by atoms with Crippen molar-refractivity contribution in [2.75, 3.05) is 19.0 Å². The number of nitrogens with zero attached hydrogens (tertiary/aromatic N) is 1. The first-order valence-corrected chi connectivity index (χ1v) is 9.55. The molecular formula is C20H18ClIN2O3. The maximum Gasteiger partial charge on any atom is 0.266 e. The van der Waals surface area contributed by atoms with Crippen LogP contribution in [0.15, 0.2) is 35.9 Å². The number of nitrogens with one attached hydrogen (secondary N) is 1. The lowest BCUT2D eigenvalue weighted by atomic mass is 10.1. The average Bonchev–Trinajstić information content (AvgIpc) is 2.64. The van der Waals surface area contributed by atoms with Crippen LogP contribution in [0.2, 0.25) is 5.02 Å². The van der Waals surface area contributed by atoms with Gasteiger partial charge in [0, 0.05) is 0 Å². The largest absolute Gasteiger partial charge is 0.493 e. The Bertz CT molecular complexity index is 915. The van der Waals surface area contributed by atoms with Gasteiger partial charge >= 0.3 is 0 Å². The summed E-state index contributed by atoms with van der Waals surface area (Å²) in [6, 6.07) is 10.8. The van der Waals surface area contributed by atoms with E-state index in [-0.39, 0.29) is 5.57 Å². The molecule has 140 valence electrons. The monoisotopic (exact) mass is 496 g/mol. The van der Waals surface area contributed by atoms with Crippen molar-refractivity contribution in [1.82, 2.24) is 0 Å². The Morgan fingerprint density at radius 1 is 1.41 bits per heavy atom. The number of carbonyl (C=O) groups is 1. The number of benzene rings is 2. The van der Waals surface area contributed by atoms with Crippen LogP contribution in [-0.2, 0) is 4.79 Å². The standard InChI is InChI=1S/C20H18ClIN2O3/c1-4-27-19-16(22)9-13(10-17(19)26-3)8-14(11-23)20(25)24-18-12(2)6-5-7-15(18)21/h5-10H,4H2,1-3H3,(H,24,25)/b14-8+. The first-order chi connectivity index (χ1) is 12.9. The molecule has 0 saturated carbocycles. The van der Waals surface area contributed by atoms with E-state index >= 15 is 0 Å². The highest BCUT2D eigenvalue weighted by Crippen LogP contribution is 2.34. The molecule has 0 aliphatic carbocycles. The molecule has 2 aromatic rings. The number of hydrogen-bond donors (Lipinski definition) is 1. The van der Waals surface area contributed by atoms with E-state index in [4.69, 9.17) is 21.1 Å². The van der Waals surface area contributed by atoms with Gasteiger partial charge in [-0.25, -0.2) is 0 Å². The Morgan fingerprint density at radius 3 is 2.74 bits per heavy atom. The zero-order valence-corrected chi connectivity index (χ0v) is 18.0. The Labute approximate surface area is 177 Å². The number of aryl methyl sites for hydroxylation is 1. The fraction of sp³-hybridized carbons (Fsp3) is 0.200. The van der Waals surface area contributed by atoms with Crippen LogP contribution in [0, 0.1) is 21.8 Å². The molecule has 0 bridgehead atoms. The average molecular weight is 497 g/mol. The van der Waals surface area contributed by atoms with Gasteiger partial charge in [-0.2, -0.15) is 5.26 Å². The normalized spacial score (nSPS) is 10.9. The summed E-state index contributed by atoms with van der Waals surface area (Å²) in [5.74, 6) is 0.638. The van der Waals surface area contributed by atoms with Crippen LogP contribution in [0.25, 0.3) is 6.08 Å². The molecule has 0 saturated heterocycles. The second-order valence-corrected chi connectivity index (χ2v) is 7.09. The van der Waals surface area contributed by atoms with Crippen molar-refractivity contribution in [3.8, 4) is 17.6 Å². The summed E-state index contributed by atoms with van der Waals surface area (Å²) in [4.78, 5) is 12.5. The predicted molar refractivity (Wildman–Crippen MR) is 115 cm³/mol. The van der Waals surface area contributed by atoms with E-state index in [1.807, 2.05) is 32.0 Å². The number of carbonyl (C=O) groups excluding carboxylic acids is 1. The van der Waals surface area contributed by atoms with Gasteiger partial charge in [0.2, 0.25) is 0 Å².